The minimum atomic E-state index is -0.844. The standard InChI is InChI=1S/C22H42O2/c1-4-5-6-7-8-9-10-11-12-13-14-15-16-17-20(2)18-19-21(3)22(23)24/h20H,3-19H2,1-2H3,(H,23,24). The Morgan fingerprint density at radius 2 is 1.21 bits per heavy atom. The highest BCUT2D eigenvalue weighted by atomic mass is 16.4. The first kappa shape index (κ1) is 23.2. The number of carboxylic acids is 1. The van der Waals surface area contributed by atoms with Gasteiger partial charge in [-0.25, -0.2) is 4.79 Å². The van der Waals surface area contributed by atoms with Gasteiger partial charge in [0.2, 0.25) is 0 Å². The van der Waals surface area contributed by atoms with Gasteiger partial charge in [-0.3, -0.25) is 0 Å². The van der Waals surface area contributed by atoms with Crippen LogP contribution in [0.25, 0.3) is 0 Å². The molecule has 0 bridgehead atoms. The van der Waals surface area contributed by atoms with Gasteiger partial charge in [-0.05, 0) is 18.8 Å². The molecular weight excluding hydrogens is 296 g/mol. The summed E-state index contributed by atoms with van der Waals surface area (Å²) in [5, 5.41) is 8.79. The topological polar surface area (TPSA) is 37.3 Å². The number of carboxylic acid groups (broad SMARTS) is 1. The monoisotopic (exact) mass is 338 g/mol. The highest BCUT2D eigenvalue weighted by Gasteiger charge is 2.07. The Hall–Kier alpha value is -0.790. The Balaban J connectivity index is 3.22. The summed E-state index contributed by atoms with van der Waals surface area (Å²) in [5.41, 5.74) is 0.354. The van der Waals surface area contributed by atoms with Crippen LogP contribution in [0.1, 0.15) is 117 Å². The molecule has 0 spiro atoms. The van der Waals surface area contributed by atoms with Crippen LogP contribution in [0.2, 0.25) is 0 Å². The maximum atomic E-state index is 10.7. The van der Waals surface area contributed by atoms with Crippen LogP contribution in [0.5, 0.6) is 0 Å². The molecular formula is C22H42O2. The molecule has 0 aromatic carbocycles. The first-order valence-corrected chi connectivity index (χ1v) is 10.5. The Kier molecular flexibility index (Phi) is 16.5. The van der Waals surface area contributed by atoms with Crippen molar-refractivity contribution in [2.45, 2.75) is 117 Å². The predicted octanol–water partition coefficient (Wildman–Crippen LogP) is 7.52. The van der Waals surface area contributed by atoms with Gasteiger partial charge in [0.05, 0.1) is 0 Å². The van der Waals surface area contributed by atoms with Crippen LogP contribution in [-0.4, -0.2) is 11.1 Å². The summed E-state index contributed by atoms with van der Waals surface area (Å²) in [5.74, 6) is -0.225. The van der Waals surface area contributed by atoms with Gasteiger partial charge < -0.3 is 5.11 Å². The third kappa shape index (κ3) is 16.1. The fourth-order valence-electron chi connectivity index (χ4n) is 3.18. The van der Waals surface area contributed by atoms with Crippen molar-refractivity contribution in [3.05, 3.63) is 12.2 Å². The molecule has 0 rings (SSSR count). The van der Waals surface area contributed by atoms with Crippen LogP contribution < -0.4 is 0 Å². The fraction of sp³-hybridized carbons (Fsp3) is 0.864. The second-order valence-electron chi connectivity index (χ2n) is 7.58. The molecule has 0 radical (unpaired) electrons. The van der Waals surface area contributed by atoms with Gasteiger partial charge in [-0.1, -0.05) is 110 Å². The zero-order chi connectivity index (χ0) is 18.0. The van der Waals surface area contributed by atoms with Crippen LogP contribution in [0, 0.1) is 5.92 Å². The average Bonchev–Trinajstić information content (AvgIpc) is 2.56. The van der Waals surface area contributed by atoms with Crippen LogP contribution in [0.3, 0.4) is 0 Å². The summed E-state index contributed by atoms with van der Waals surface area (Å²) in [6.45, 7) is 8.10. The number of aliphatic carboxylic acids is 1. The van der Waals surface area contributed by atoms with Gasteiger partial charge in [0.25, 0.3) is 0 Å². The van der Waals surface area contributed by atoms with Crippen molar-refractivity contribution in [2.75, 3.05) is 0 Å². The molecule has 0 aromatic heterocycles. The van der Waals surface area contributed by atoms with E-state index in [9.17, 15) is 4.79 Å². The van der Waals surface area contributed by atoms with E-state index < -0.39 is 5.97 Å². The lowest BCUT2D eigenvalue weighted by atomic mass is 9.95. The zero-order valence-corrected chi connectivity index (χ0v) is 16.5. The van der Waals surface area contributed by atoms with E-state index in [0.717, 1.165) is 6.42 Å². The fourth-order valence-corrected chi connectivity index (χ4v) is 3.18. The van der Waals surface area contributed by atoms with E-state index in [1.807, 2.05) is 0 Å². The van der Waals surface area contributed by atoms with Gasteiger partial charge >= 0.3 is 5.97 Å². The van der Waals surface area contributed by atoms with Crippen molar-refractivity contribution in [1.29, 1.82) is 0 Å². The normalized spacial score (nSPS) is 12.2. The molecule has 142 valence electrons. The summed E-state index contributed by atoms with van der Waals surface area (Å²) >= 11 is 0. The summed E-state index contributed by atoms with van der Waals surface area (Å²) in [4.78, 5) is 10.7. The molecule has 1 N–H and O–H groups in total. The highest BCUT2D eigenvalue weighted by molar-refractivity contribution is 5.85. The molecule has 0 aliphatic heterocycles. The molecule has 0 aromatic rings. The minimum absolute atomic E-state index is 0.354. The maximum Gasteiger partial charge on any atom is 0.330 e. The summed E-state index contributed by atoms with van der Waals surface area (Å²) < 4.78 is 0. The van der Waals surface area contributed by atoms with E-state index >= 15 is 0 Å². The zero-order valence-electron chi connectivity index (χ0n) is 16.5. The van der Waals surface area contributed by atoms with Gasteiger partial charge in [0.1, 0.15) is 0 Å². The van der Waals surface area contributed by atoms with Crippen molar-refractivity contribution in [2.24, 2.45) is 5.92 Å². The lowest BCUT2D eigenvalue weighted by Crippen LogP contribution is -2.02. The van der Waals surface area contributed by atoms with E-state index in [1.54, 1.807) is 0 Å². The third-order valence-electron chi connectivity index (χ3n) is 5.04. The predicted molar refractivity (Wildman–Crippen MR) is 105 cm³/mol. The van der Waals surface area contributed by atoms with Crippen molar-refractivity contribution in [3.63, 3.8) is 0 Å². The van der Waals surface area contributed by atoms with Crippen molar-refractivity contribution < 1.29 is 9.90 Å². The number of unbranched alkanes of at least 4 members (excludes halogenated alkanes) is 12. The summed E-state index contributed by atoms with van der Waals surface area (Å²) in [7, 11) is 0. The molecule has 2 nitrogen and oxygen atoms in total. The number of carbonyl (C=O) groups is 1. The van der Waals surface area contributed by atoms with E-state index in [4.69, 9.17) is 5.11 Å². The second-order valence-corrected chi connectivity index (χ2v) is 7.58. The van der Waals surface area contributed by atoms with E-state index in [1.165, 1.54) is 89.9 Å². The summed E-state index contributed by atoms with van der Waals surface area (Å²) in [6.07, 6.45) is 20.9. The molecule has 0 aliphatic rings. The first-order chi connectivity index (χ1) is 11.6. The van der Waals surface area contributed by atoms with Gasteiger partial charge in [0.15, 0.2) is 0 Å². The van der Waals surface area contributed by atoms with E-state index in [-0.39, 0.29) is 0 Å². The van der Waals surface area contributed by atoms with Crippen LogP contribution in [-0.2, 0) is 4.79 Å². The molecule has 2 heteroatoms. The average molecular weight is 339 g/mol. The summed E-state index contributed by atoms with van der Waals surface area (Å²) in [6, 6.07) is 0. The minimum Gasteiger partial charge on any atom is -0.478 e. The molecule has 1 atom stereocenters. The molecule has 0 fully saturated rings. The SMILES string of the molecule is C=C(CCC(C)CCCCCCCCCCCCCCC)C(=O)O. The number of hydrogen-bond acceptors (Lipinski definition) is 1. The van der Waals surface area contributed by atoms with Gasteiger partial charge in [-0.2, -0.15) is 0 Å². The lowest BCUT2D eigenvalue weighted by molar-refractivity contribution is -0.132. The van der Waals surface area contributed by atoms with Crippen molar-refractivity contribution in [3.8, 4) is 0 Å². The Labute approximate surface area is 151 Å². The Morgan fingerprint density at radius 3 is 1.62 bits per heavy atom. The Bertz CT molecular complexity index is 309. The number of rotatable bonds is 18. The quantitative estimate of drug-likeness (QED) is 0.207. The molecule has 24 heavy (non-hydrogen) atoms. The first-order valence-electron chi connectivity index (χ1n) is 10.5. The third-order valence-corrected chi connectivity index (χ3v) is 5.04. The van der Waals surface area contributed by atoms with Crippen molar-refractivity contribution >= 4 is 5.97 Å². The molecule has 0 saturated heterocycles. The maximum absolute atomic E-state index is 10.7. The van der Waals surface area contributed by atoms with Crippen LogP contribution in [0.4, 0.5) is 0 Å². The van der Waals surface area contributed by atoms with Crippen LogP contribution >= 0.6 is 0 Å². The largest absolute Gasteiger partial charge is 0.478 e. The lowest BCUT2D eigenvalue weighted by Gasteiger charge is -2.11. The van der Waals surface area contributed by atoms with Crippen molar-refractivity contribution in [1.82, 2.24) is 0 Å². The van der Waals surface area contributed by atoms with E-state index in [2.05, 4.69) is 20.4 Å². The van der Waals surface area contributed by atoms with Crippen LogP contribution in [0.15, 0.2) is 12.2 Å². The Morgan fingerprint density at radius 1 is 0.792 bits per heavy atom. The van der Waals surface area contributed by atoms with Gasteiger partial charge in [-0.15, -0.1) is 0 Å². The smallest absolute Gasteiger partial charge is 0.330 e. The molecule has 0 saturated carbocycles. The number of hydrogen-bond donors (Lipinski definition) is 1. The molecule has 0 heterocycles. The van der Waals surface area contributed by atoms with Gasteiger partial charge in [0, 0.05) is 5.57 Å². The molecule has 0 aliphatic carbocycles. The van der Waals surface area contributed by atoms with E-state index in [0.29, 0.717) is 17.9 Å². The molecule has 1 unspecified atom stereocenters. The highest BCUT2D eigenvalue weighted by Crippen LogP contribution is 2.18. The molecule has 0 amide bonds. The second kappa shape index (κ2) is 17.0.